The van der Waals surface area contributed by atoms with Crippen LogP contribution in [0.4, 0.5) is 0 Å². The summed E-state index contributed by atoms with van der Waals surface area (Å²) in [6.07, 6.45) is 3.50. The van der Waals surface area contributed by atoms with E-state index in [1.165, 1.54) is 0 Å². The number of nitrogens with one attached hydrogen (secondary N) is 2. The van der Waals surface area contributed by atoms with Gasteiger partial charge < -0.3 is 21.6 Å². The van der Waals surface area contributed by atoms with Crippen molar-refractivity contribution < 1.29 is 10.0 Å². The van der Waals surface area contributed by atoms with Crippen LogP contribution in [0, 0.1) is 0 Å². The van der Waals surface area contributed by atoms with E-state index in [0.29, 0.717) is 25.6 Å². The van der Waals surface area contributed by atoms with Crippen molar-refractivity contribution in [2.75, 3.05) is 13.1 Å². The van der Waals surface area contributed by atoms with Crippen LogP contribution in [0.1, 0.15) is 25.7 Å². The number of nitrogens with two attached hydrogens (primary N) is 1. The van der Waals surface area contributed by atoms with Crippen molar-refractivity contribution in [1.82, 2.24) is 10.6 Å². The third-order valence-electron chi connectivity index (χ3n) is 2.14. The number of amides is 1. The summed E-state index contributed by atoms with van der Waals surface area (Å²) in [7, 11) is 0. The van der Waals surface area contributed by atoms with E-state index < -0.39 is 0 Å². The molecular formula is C9H18N4O2. The van der Waals surface area contributed by atoms with Crippen LogP contribution in [0.5, 0.6) is 0 Å². The van der Waals surface area contributed by atoms with Gasteiger partial charge in [-0.15, -0.1) is 0 Å². The average molecular weight is 214 g/mol. The van der Waals surface area contributed by atoms with Crippen LogP contribution in [0.25, 0.3) is 0 Å². The van der Waals surface area contributed by atoms with E-state index in [9.17, 15) is 4.79 Å². The number of hydrogen-bond acceptors (Lipinski definition) is 4. The van der Waals surface area contributed by atoms with Crippen molar-refractivity contribution in [1.29, 1.82) is 0 Å². The number of carbonyl (C=O) groups is 1. The van der Waals surface area contributed by atoms with Crippen LogP contribution in [0.3, 0.4) is 0 Å². The normalized spacial score (nSPS) is 16.4. The Labute approximate surface area is 88.9 Å². The first-order valence-corrected chi connectivity index (χ1v) is 5.19. The molecule has 0 saturated heterocycles. The molecule has 0 radical (unpaired) electrons. The number of hydrogen-bond donors (Lipinski definition) is 4. The number of nitrogens with zero attached hydrogens (tertiary/aromatic N) is 1. The number of carbonyl (C=O) groups excluding carboxylic acids is 1. The van der Waals surface area contributed by atoms with E-state index in [-0.39, 0.29) is 11.7 Å². The highest BCUT2D eigenvalue weighted by atomic mass is 16.4. The van der Waals surface area contributed by atoms with Gasteiger partial charge in [-0.2, -0.15) is 0 Å². The topological polar surface area (TPSA) is 99.7 Å². The summed E-state index contributed by atoms with van der Waals surface area (Å²) >= 11 is 0. The van der Waals surface area contributed by atoms with E-state index in [1.54, 1.807) is 0 Å². The largest absolute Gasteiger partial charge is 0.409 e. The molecule has 0 unspecified atom stereocenters. The molecular weight excluding hydrogens is 196 g/mol. The monoisotopic (exact) mass is 214 g/mol. The molecule has 1 aliphatic rings. The molecule has 6 nitrogen and oxygen atoms in total. The average Bonchev–Trinajstić information content (AvgIpc) is 3.00. The van der Waals surface area contributed by atoms with E-state index >= 15 is 0 Å². The Morgan fingerprint density at radius 1 is 1.53 bits per heavy atom. The SMILES string of the molecule is NC(CCCNCC(=O)NC1CC1)=NO. The molecule has 0 aliphatic heterocycles. The summed E-state index contributed by atoms with van der Waals surface area (Å²) in [5.74, 6) is 0.264. The smallest absolute Gasteiger partial charge is 0.234 e. The van der Waals surface area contributed by atoms with Crippen LogP contribution in [-0.4, -0.2) is 36.1 Å². The summed E-state index contributed by atoms with van der Waals surface area (Å²) in [4.78, 5) is 11.2. The molecule has 5 N–H and O–H groups in total. The van der Waals surface area contributed by atoms with Crippen LogP contribution in [0.15, 0.2) is 5.16 Å². The van der Waals surface area contributed by atoms with E-state index in [1.807, 2.05) is 0 Å². The van der Waals surface area contributed by atoms with Crippen molar-refractivity contribution in [3.8, 4) is 0 Å². The van der Waals surface area contributed by atoms with Crippen LogP contribution in [-0.2, 0) is 4.79 Å². The maximum atomic E-state index is 11.2. The van der Waals surface area contributed by atoms with Gasteiger partial charge in [0.05, 0.1) is 6.54 Å². The third-order valence-corrected chi connectivity index (χ3v) is 2.14. The minimum absolute atomic E-state index is 0.0429. The molecule has 0 aromatic carbocycles. The standard InChI is InChI=1S/C9H18N4O2/c10-8(13-15)2-1-5-11-6-9(14)12-7-3-4-7/h7,11,15H,1-6H2,(H2,10,13)(H,12,14). The lowest BCUT2D eigenvalue weighted by Gasteiger charge is -2.04. The van der Waals surface area contributed by atoms with Crippen molar-refractivity contribution in [3.63, 3.8) is 0 Å². The minimum Gasteiger partial charge on any atom is -0.409 e. The fraction of sp³-hybridized carbons (Fsp3) is 0.778. The zero-order chi connectivity index (χ0) is 11.1. The van der Waals surface area contributed by atoms with Crippen LogP contribution in [0.2, 0.25) is 0 Å². The van der Waals surface area contributed by atoms with Gasteiger partial charge in [0.1, 0.15) is 5.84 Å². The van der Waals surface area contributed by atoms with Gasteiger partial charge in [-0.25, -0.2) is 0 Å². The van der Waals surface area contributed by atoms with E-state index in [0.717, 1.165) is 19.3 Å². The molecule has 0 aromatic heterocycles. The summed E-state index contributed by atoms with van der Waals surface area (Å²) in [5, 5.41) is 17.0. The lowest BCUT2D eigenvalue weighted by atomic mass is 10.3. The third kappa shape index (κ3) is 5.90. The Morgan fingerprint density at radius 2 is 2.27 bits per heavy atom. The first kappa shape index (κ1) is 11.8. The molecule has 6 heteroatoms. The Kier molecular flexibility index (Phi) is 4.89. The second-order valence-electron chi connectivity index (χ2n) is 3.71. The van der Waals surface area contributed by atoms with Gasteiger partial charge >= 0.3 is 0 Å². The molecule has 0 heterocycles. The lowest BCUT2D eigenvalue weighted by Crippen LogP contribution is -2.35. The van der Waals surface area contributed by atoms with Crippen LogP contribution < -0.4 is 16.4 Å². The van der Waals surface area contributed by atoms with E-state index in [2.05, 4.69) is 15.8 Å². The first-order chi connectivity index (χ1) is 7.22. The predicted octanol–water partition coefficient (Wildman–Crippen LogP) is -0.619. The highest BCUT2D eigenvalue weighted by Crippen LogP contribution is 2.18. The second kappa shape index (κ2) is 6.23. The Hall–Kier alpha value is -1.30. The number of oxime groups is 1. The Bertz CT molecular complexity index is 238. The molecule has 0 aromatic rings. The molecule has 15 heavy (non-hydrogen) atoms. The quantitative estimate of drug-likeness (QED) is 0.149. The molecule has 1 aliphatic carbocycles. The molecule has 1 amide bonds. The van der Waals surface area contributed by atoms with Gasteiger partial charge in [0.15, 0.2) is 0 Å². The number of amidine groups is 1. The highest BCUT2D eigenvalue weighted by molar-refractivity contribution is 5.79. The highest BCUT2D eigenvalue weighted by Gasteiger charge is 2.22. The minimum atomic E-state index is 0.0429. The lowest BCUT2D eigenvalue weighted by molar-refractivity contribution is -0.120. The van der Waals surface area contributed by atoms with Crippen molar-refractivity contribution in [3.05, 3.63) is 0 Å². The van der Waals surface area contributed by atoms with Gasteiger partial charge in [0, 0.05) is 12.5 Å². The first-order valence-electron chi connectivity index (χ1n) is 5.19. The zero-order valence-electron chi connectivity index (χ0n) is 8.70. The molecule has 1 rings (SSSR count). The van der Waals surface area contributed by atoms with Gasteiger partial charge in [0.25, 0.3) is 0 Å². The molecule has 0 atom stereocenters. The van der Waals surface area contributed by atoms with Gasteiger partial charge in [-0.3, -0.25) is 4.79 Å². The molecule has 86 valence electrons. The predicted molar refractivity (Wildman–Crippen MR) is 56.7 cm³/mol. The van der Waals surface area contributed by atoms with Crippen LogP contribution >= 0.6 is 0 Å². The maximum absolute atomic E-state index is 11.2. The fourth-order valence-electron chi connectivity index (χ4n) is 1.15. The molecule has 0 spiro atoms. The van der Waals surface area contributed by atoms with E-state index in [4.69, 9.17) is 10.9 Å². The van der Waals surface area contributed by atoms with Crippen molar-refractivity contribution in [2.45, 2.75) is 31.7 Å². The second-order valence-corrected chi connectivity index (χ2v) is 3.71. The molecule has 0 bridgehead atoms. The summed E-state index contributed by atoms with van der Waals surface area (Å²) in [5.41, 5.74) is 5.28. The van der Waals surface area contributed by atoms with Crippen molar-refractivity contribution >= 4 is 11.7 Å². The fourth-order valence-corrected chi connectivity index (χ4v) is 1.15. The zero-order valence-corrected chi connectivity index (χ0v) is 8.70. The molecule has 1 fully saturated rings. The Morgan fingerprint density at radius 3 is 2.87 bits per heavy atom. The summed E-state index contributed by atoms with van der Waals surface area (Å²) in [6, 6.07) is 0.413. The maximum Gasteiger partial charge on any atom is 0.234 e. The number of rotatable bonds is 7. The summed E-state index contributed by atoms with van der Waals surface area (Å²) in [6.45, 7) is 1.03. The van der Waals surface area contributed by atoms with Gasteiger partial charge in [0.2, 0.25) is 5.91 Å². The molecule has 1 saturated carbocycles. The van der Waals surface area contributed by atoms with Crippen molar-refractivity contribution in [2.24, 2.45) is 10.9 Å². The summed E-state index contributed by atoms with van der Waals surface area (Å²) < 4.78 is 0. The Balaban J connectivity index is 1.89. The van der Waals surface area contributed by atoms with Gasteiger partial charge in [-0.05, 0) is 25.8 Å². The van der Waals surface area contributed by atoms with Gasteiger partial charge in [-0.1, -0.05) is 5.16 Å².